The van der Waals surface area contributed by atoms with Crippen LogP contribution in [0.4, 0.5) is 4.39 Å². The fourth-order valence-corrected chi connectivity index (χ4v) is 9.28. The average molecular weight is 935 g/mol. The van der Waals surface area contributed by atoms with Crippen LogP contribution >= 0.6 is 11.3 Å². The number of thiophene rings is 1. The zero-order valence-electron chi connectivity index (χ0n) is 34.2. The van der Waals surface area contributed by atoms with Gasteiger partial charge in [0.1, 0.15) is 5.82 Å². The number of aliphatic hydroxyl groups excluding tert-OH is 1. The van der Waals surface area contributed by atoms with Gasteiger partial charge in [-0.3, -0.25) is 4.79 Å². The summed E-state index contributed by atoms with van der Waals surface area (Å²) in [5.41, 5.74) is 9.19. The van der Waals surface area contributed by atoms with Crippen molar-refractivity contribution >= 4 is 48.1 Å². The Morgan fingerprint density at radius 2 is 1.38 bits per heavy atom. The summed E-state index contributed by atoms with van der Waals surface area (Å²) in [7, 11) is 4.35. The van der Waals surface area contributed by atoms with Crippen LogP contribution in [0.25, 0.3) is 53.3 Å². The van der Waals surface area contributed by atoms with Gasteiger partial charge in [-0.1, -0.05) is 107 Å². The molecule has 0 saturated heterocycles. The molecule has 2 aromatic heterocycles. The van der Waals surface area contributed by atoms with Gasteiger partial charge in [0.15, 0.2) is 5.78 Å². The average Bonchev–Trinajstić information content (AvgIpc) is 3.49. The molecular formula is C49H57FIrNO2S-. The Hall–Kier alpha value is -3.96. The number of aromatic nitrogens is 1. The second-order valence-electron chi connectivity index (χ2n) is 15.8. The summed E-state index contributed by atoms with van der Waals surface area (Å²) in [6, 6.07) is 21.1. The van der Waals surface area contributed by atoms with E-state index < -0.39 is 0 Å². The summed E-state index contributed by atoms with van der Waals surface area (Å²) in [6.07, 6.45) is 6.89. The number of pyridine rings is 1. The van der Waals surface area contributed by atoms with Crippen LogP contribution in [0.3, 0.4) is 0 Å². The largest absolute Gasteiger partial charge is 0.512 e. The van der Waals surface area contributed by atoms with Gasteiger partial charge in [-0.15, -0.1) is 34.4 Å². The van der Waals surface area contributed by atoms with Crippen LogP contribution in [0.2, 0.25) is 0 Å². The van der Waals surface area contributed by atoms with E-state index in [-0.39, 0.29) is 54.7 Å². The van der Waals surface area contributed by atoms with Crippen molar-refractivity contribution in [3.8, 4) is 22.4 Å². The maximum atomic E-state index is 16.4. The van der Waals surface area contributed by atoms with E-state index in [1.165, 1.54) is 33.9 Å². The molecular weight excluding hydrogens is 878 g/mol. The number of benzene rings is 4. The number of aliphatic hydroxyl groups is 1. The van der Waals surface area contributed by atoms with Gasteiger partial charge in [-0.2, -0.15) is 12.5 Å². The molecule has 0 spiro atoms. The fourth-order valence-electron chi connectivity index (χ4n) is 7.98. The molecule has 0 aliphatic heterocycles. The fraction of sp³-hybridized carbons (Fsp3) is 0.347. The second-order valence-corrected chi connectivity index (χ2v) is 16.8. The number of allylic oxidation sites excluding steroid dienone is 2. The predicted octanol–water partition coefficient (Wildman–Crippen LogP) is 13.9. The topological polar surface area (TPSA) is 41.2 Å². The molecule has 0 aliphatic carbocycles. The number of hydrogen-bond donors (Lipinski definition) is 1. The Morgan fingerprint density at radius 3 is 1.95 bits per heavy atom. The van der Waals surface area contributed by atoms with E-state index in [2.05, 4.69) is 110 Å². The van der Waals surface area contributed by atoms with Gasteiger partial charge >= 0.3 is 0 Å². The predicted molar refractivity (Wildman–Crippen MR) is 230 cm³/mol. The maximum absolute atomic E-state index is 16.4. The monoisotopic (exact) mass is 935 g/mol. The summed E-state index contributed by atoms with van der Waals surface area (Å²) in [5, 5.41) is 14.1. The minimum Gasteiger partial charge on any atom is -0.512 e. The third-order valence-corrected chi connectivity index (χ3v) is 12.2. The van der Waals surface area contributed by atoms with Crippen LogP contribution in [0.15, 0.2) is 78.7 Å². The molecule has 3 nitrogen and oxygen atoms in total. The van der Waals surface area contributed by atoms with Gasteiger partial charge in [0.05, 0.1) is 22.3 Å². The molecule has 0 unspecified atom stereocenters. The number of fused-ring (bicyclic) bond motifs is 4. The summed E-state index contributed by atoms with van der Waals surface area (Å²) >= 11 is 1.51. The number of aryl methyl sites for hydroxylation is 3. The third-order valence-electron chi connectivity index (χ3n) is 11.0. The van der Waals surface area contributed by atoms with E-state index in [9.17, 15) is 9.90 Å². The third kappa shape index (κ3) is 8.73. The standard InChI is InChI=1S/C36H33FNS.C13H24O2.Ir/c1-20-17-21(2)31(22(3)18-20)28-14-13-26-27-15-16-38(8)33(35(27)39-34(26)32(28)37)29-19-30(36(5,6)7)25-12-10-9-11-24(25)23(29)4;1-5-10(6-2)12(14)9-13(15)11(7-3)8-4;/h9-19H,4,8H2,1-3,5-7H3;9-11,14H,5-8H2,1-4H3;/q-1;;/b;12-9-;. The van der Waals surface area contributed by atoms with Crippen LogP contribution < -0.4 is 4.57 Å². The van der Waals surface area contributed by atoms with Crippen molar-refractivity contribution in [3.05, 3.63) is 126 Å². The van der Waals surface area contributed by atoms with E-state index in [1.54, 1.807) is 0 Å². The normalized spacial score (nSPS) is 12.1. The van der Waals surface area contributed by atoms with E-state index >= 15 is 4.39 Å². The molecule has 6 aromatic rings. The van der Waals surface area contributed by atoms with Gasteiger partial charge < -0.3 is 9.67 Å². The van der Waals surface area contributed by atoms with Gasteiger partial charge in [-0.25, -0.2) is 4.39 Å². The first kappa shape index (κ1) is 43.8. The molecule has 0 aliphatic rings. The van der Waals surface area contributed by atoms with E-state index in [0.29, 0.717) is 10.3 Å². The van der Waals surface area contributed by atoms with Gasteiger partial charge in [0.2, 0.25) is 0 Å². The quantitative estimate of drug-likeness (QED) is 0.0679. The van der Waals surface area contributed by atoms with Crippen LogP contribution in [0.5, 0.6) is 0 Å². The van der Waals surface area contributed by atoms with E-state index in [0.717, 1.165) is 80.1 Å². The first-order valence-corrected chi connectivity index (χ1v) is 20.2. The van der Waals surface area contributed by atoms with E-state index in [4.69, 9.17) is 0 Å². The van der Waals surface area contributed by atoms with Crippen molar-refractivity contribution in [1.82, 2.24) is 0 Å². The molecule has 6 heteroatoms. The zero-order valence-corrected chi connectivity index (χ0v) is 37.5. The van der Waals surface area contributed by atoms with Crippen molar-refractivity contribution in [2.75, 3.05) is 0 Å². The summed E-state index contributed by atoms with van der Waals surface area (Å²) < 4.78 is 20.0. The number of carbonyl (C=O) groups is 1. The smallest absolute Gasteiger partial charge is 0.162 e. The Labute approximate surface area is 346 Å². The minimum absolute atomic E-state index is 0. The number of carbonyl (C=O) groups excluding carboxylic acids is 1. The van der Waals surface area contributed by atoms with Crippen LogP contribution in [-0.4, -0.2) is 10.9 Å². The SMILES string of the molecule is CCC(CC)C(=O)/C=C(\O)C(CC)CC.[CH2-]c1c(-c2c3sc4c(F)c(-c5c(C)cc(C)cc5C)ccc4c3cc[n+]2[CH2-])cc(C(C)(C)C)c2ccccc12.[Ir]. The summed E-state index contributed by atoms with van der Waals surface area (Å²) in [6.45, 7) is 25.5. The number of halogens is 1. The Morgan fingerprint density at radius 1 is 0.818 bits per heavy atom. The number of ketones is 1. The first-order chi connectivity index (χ1) is 25.6. The molecule has 293 valence electrons. The first-order valence-electron chi connectivity index (χ1n) is 19.4. The Kier molecular flexibility index (Phi) is 14.2. The molecule has 0 amide bonds. The molecule has 0 bridgehead atoms. The number of hydrogen-bond acceptors (Lipinski definition) is 3. The number of rotatable bonds is 9. The molecule has 6 rings (SSSR count). The maximum Gasteiger partial charge on any atom is 0.162 e. The summed E-state index contributed by atoms with van der Waals surface area (Å²) in [5.74, 6) is 0.389. The van der Waals surface area contributed by atoms with Crippen molar-refractivity contribution in [3.63, 3.8) is 0 Å². The van der Waals surface area contributed by atoms with Crippen LogP contribution in [0.1, 0.15) is 102 Å². The molecule has 1 N–H and O–H groups in total. The summed E-state index contributed by atoms with van der Waals surface area (Å²) in [4.78, 5) is 11.7. The molecule has 1 radical (unpaired) electrons. The molecule has 4 aromatic carbocycles. The Bertz CT molecular complexity index is 2350. The number of nitrogens with zero attached hydrogens (tertiary/aromatic N) is 1. The van der Waals surface area contributed by atoms with Crippen LogP contribution in [-0.2, 0) is 30.3 Å². The van der Waals surface area contributed by atoms with Gasteiger partial charge in [-0.05, 0) is 80.0 Å². The molecule has 55 heavy (non-hydrogen) atoms. The van der Waals surface area contributed by atoms with E-state index in [1.807, 2.05) is 44.5 Å². The molecule has 0 fully saturated rings. The van der Waals surface area contributed by atoms with Crippen LogP contribution in [0, 0.1) is 52.4 Å². The van der Waals surface area contributed by atoms with Crippen molar-refractivity contribution in [2.45, 2.75) is 100 Å². The van der Waals surface area contributed by atoms with Gasteiger partial charge in [0.25, 0.3) is 0 Å². The Balaban J connectivity index is 0.000000360. The van der Waals surface area contributed by atoms with Crippen molar-refractivity contribution in [2.24, 2.45) is 11.8 Å². The minimum atomic E-state index is -0.158. The molecule has 0 atom stereocenters. The molecule has 2 heterocycles. The zero-order chi connectivity index (χ0) is 39.6. The van der Waals surface area contributed by atoms with Gasteiger partial charge in [0, 0.05) is 60.7 Å². The second kappa shape index (κ2) is 17.9. The van der Waals surface area contributed by atoms with Crippen molar-refractivity contribution < 1.29 is 39.0 Å². The van der Waals surface area contributed by atoms with Crippen molar-refractivity contribution in [1.29, 1.82) is 0 Å². The molecule has 0 saturated carbocycles.